The van der Waals surface area contributed by atoms with Gasteiger partial charge in [-0.1, -0.05) is 26.0 Å². The Balaban J connectivity index is 1.35. The average molecular weight is 336 g/mol. The van der Waals surface area contributed by atoms with Crippen LogP contribution in [0.25, 0.3) is 5.69 Å². The molecule has 3 heterocycles. The Kier molecular flexibility index (Phi) is 4.36. The zero-order valence-corrected chi connectivity index (χ0v) is 14.8. The first-order chi connectivity index (χ1) is 12.2. The predicted molar refractivity (Wildman–Crippen MR) is 96.6 cm³/mol. The van der Waals surface area contributed by atoms with Crippen LogP contribution in [0.5, 0.6) is 0 Å². The first-order valence-electron chi connectivity index (χ1n) is 8.95. The molecule has 1 aromatic carbocycles. The Morgan fingerprint density at radius 1 is 1.24 bits per heavy atom. The second-order valence-electron chi connectivity index (χ2n) is 6.96. The molecular weight excluding hydrogens is 312 g/mol. The van der Waals surface area contributed by atoms with Crippen molar-refractivity contribution in [2.45, 2.75) is 51.7 Å². The Morgan fingerprint density at radius 2 is 2.08 bits per heavy atom. The monoisotopic (exact) mass is 336 g/mol. The molecule has 1 N–H and O–H groups in total. The molecule has 1 aliphatic heterocycles. The molecule has 0 saturated carbocycles. The molecule has 0 radical (unpaired) electrons. The van der Waals surface area contributed by atoms with Gasteiger partial charge in [-0.05, 0) is 30.2 Å². The molecule has 0 bridgehead atoms. The van der Waals surface area contributed by atoms with Crippen LogP contribution in [0.2, 0.25) is 0 Å². The first kappa shape index (κ1) is 16.0. The summed E-state index contributed by atoms with van der Waals surface area (Å²) >= 11 is 0. The molecule has 25 heavy (non-hydrogen) atoms. The van der Waals surface area contributed by atoms with Gasteiger partial charge in [0.1, 0.15) is 5.82 Å². The van der Waals surface area contributed by atoms with E-state index in [0.29, 0.717) is 12.0 Å². The smallest absolute Gasteiger partial charge is 0.153 e. The van der Waals surface area contributed by atoms with Gasteiger partial charge < -0.3 is 5.32 Å². The quantitative estimate of drug-likeness (QED) is 0.778. The van der Waals surface area contributed by atoms with E-state index < -0.39 is 0 Å². The van der Waals surface area contributed by atoms with Gasteiger partial charge in [0.05, 0.1) is 12.2 Å². The van der Waals surface area contributed by atoms with Crippen molar-refractivity contribution in [3.05, 3.63) is 59.9 Å². The molecule has 0 saturated heterocycles. The van der Waals surface area contributed by atoms with Gasteiger partial charge in [-0.25, -0.2) is 14.3 Å². The molecule has 2 aromatic heterocycles. The lowest BCUT2D eigenvalue weighted by Crippen LogP contribution is -2.37. The molecule has 6 nitrogen and oxygen atoms in total. The lowest BCUT2D eigenvalue weighted by atomic mass is 10.1. The molecule has 0 aliphatic carbocycles. The third kappa shape index (κ3) is 3.49. The van der Waals surface area contributed by atoms with Crippen LogP contribution in [0.15, 0.2) is 42.7 Å². The van der Waals surface area contributed by atoms with Gasteiger partial charge in [0.2, 0.25) is 0 Å². The number of nitrogens with one attached hydrogen (secondary N) is 1. The number of nitrogens with zero attached hydrogens (tertiary/aromatic N) is 5. The maximum absolute atomic E-state index is 4.65. The van der Waals surface area contributed by atoms with E-state index in [4.69, 9.17) is 0 Å². The van der Waals surface area contributed by atoms with Crippen LogP contribution >= 0.6 is 0 Å². The summed E-state index contributed by atoms with van der Waals surface area (Å²) < 4.78 is 3.95. The number of rotatable bonds is 5. The standard InChI is InChI=1S/C19H24N6/c1-14(2)19-22-18-9-6-16(13-25(18)23-19)20-12-15-4-7-17(8-5-15)24-11-3-10-21-24/h3-5,7-8,10-11,14,16,20H,6,9,12-13H2,1-2H3/t16-/m1/s1. The van der Waals surface area contributed by atoms with E-state index in [0.717, 1.165) is 43.3 Å². The molecule has 130 valence electrons. The third-order valence-corrected chi connectivity index (χ3v) is 4.69. The fourth-order valence-electron chi connectivity index (χ4n) is 3.19. The lowest BCUT2D eigenvalue weighted by Gasteiger charge is -2.23. The van der Waals surface area contributed by atoms with Crippen molar-refractivity contribution in [1.29, 1.82) is 0 Å². The molecule has 0 unspecified atom stereocenters. The molecule has 0 spiro atoms. The summed E-state index contributed by atoms with van der Waals surface area (Å²) in [6.45, 7) is 6.06. The highest BCUT2D eigenvalue weighted by Crippen LogP contribution is 2.17. The average Bonchev–Trinajstić information content (AvgIpc) is 3.29. The molecular formula is C19H24N6. The second kappa shape index (κ2) is 6.80. The Hall–Kier alpha value is -2.47. The predicted octanol–water partition coefficient (Wildman–Crippen LogP) is 2.69. The van der Waals surface area contributed by atoms with Gasteiger partial charge in [-0.2, -0.15) is 10.2 Å². The van der Waals surface area contributed by atoms with Gasteiger partial charge in [0.15, 0.2) is 5.82 Å². The maximum atomic E-state index is 4.65. The lowest BCUT2D eigenvalue weighted by molar-refractivity contribution is 0.357. The number of hydrogen-bond acceptors (Lipinski definition) is 4. The highest BCUT2D eigenvalue weighted by Gasteiger charge is 2.22. The SMILES string of the molecule is CC(C)c1nc2n(n1)C[C@H](NCc1ccc(-n3cccn3)cc1)CC2. The minimum Gasteiger partial charge on any atom is -0.308 e. The van der Waals surface area contributed by atoms with Gasteiger partial charge in [-0.3, -0.25) is 0 Å². The topological polar surface area (TPSA) is 60.6 Å². The molecule has 0 amide bonds. The highest BCUT2D eigenvalue weighted by atomic mass is 15.4. The number of hydrogen-bond donors (Lipinski definition) is 1. The molecule has 4 rings (SSSR count). The van der Waals surface area contributed by atoms with Crippen molar-refractivity contribution in [3.8, 4) is 5.69 Å². The second-order valence-corrected chi connectivity index (χ2v) is 6.96. The molecule has 1 atom stereocenters. The van der Waals surface area contributed by atoms with E-state index >= 15 is 0 Å². The van der Waals surface area contributed by atoms with Crippen molar-refractivity contribution in [2.24, 2.45) is 0 Å². The van der Waals surface area contributed by atoms with Gasteiger partial charge >= 0.3 is 0 Å². The van der Waals surface area contributed by atoms with Crippen LogP contribution in [-0.2, 0) is 19.5 Å². The highest BCUT2D eigenvalue weighted by molar-refractivity contribution is 5.33. The van der Waals surface area contributed by atoms with E-state index in [1.54, 1.807) is 6.20 Å². The summed E-state index contributed by atoms with van der Waals surface area (Å²) in [5.74, 6) is 2.48. The summed E-state index contributed by atoms with van der Waals surface area (Å²) in [6, 6.07) is 10.9. The van der Waals surface area contributed by atoms with Crippen molar-refractivity contribution in [3.63, 3.8) is 0 Å². The van der Waals surface area contributed by atoms with E-state index in [1.165, 1.54) is 5.56 Å². The van der Waals surface area contributed by atoms with Gasteiger partial charge in [-0.15, -0.1) is 0 Å². The van der Waals surface area contributed by atoms with Crippen LogP contribution in [0.4, 0.5) is 0 Å². The number of benzene rings is 1. The van der Waals surface area contributed by atoms with Crippen LogP contribution in [0.3, 0.4) is 0 Å². The van der Waals surface area contributed by atoms with Gasteiger partial charge in [0.25, 0.3) is 0 Å². The Morgan fingerprint density at radius 3 is 2.80 bits per heavy atom. The summed E-state index contributed by atoms with van der Waals surface area (Å²) in [7, 11) is 0. The van der Waals surface area contributed by atoms with E-state index in [1.807, 2.05) is 16.9 Å². The maximum Gasteiger partial charge on any atom is 0.153 e. The Labute approximate surface area is 147 Å². The van der Waals surface area contributed by atoms with Crippen LogP contribution in [0, 0.1) is 0 Å². The van der Waals surface area contributed by atoms with Crippen LogP contribution in [-0.4, -0.2) is 30.6 Å². The van der Waals surface area contributed by atoms with Gasteiger partial charge in [0, 0.05) is 37.3 Å². The van der Waals surface area contributed by atoms with Crippen LogP contribution in [0.1, 0.15) is 43.4 Å². The molecule has 3 aromatic rings. The van der Waals surface area contributed by atoms with Crippen molar-refractivity contribution in [1.82, 2.24) is 29.9 Å². The van der Waals surface area contributed by atoms with Crippen molar-refractivity contribution in [2.75, 3.05) is 0 Å². The minimum absolute atomic E-state index is 0.387. The molecule has 1 aliphatic rings. The van der Waals surface area contributed by atoms with E-state index in [2.05, 4.69) is 63.3 Å². The van der Waals surface area contributed by atoms with Crippen molar-refractivity contribution >= 4 is 0 Å². The number of fused-ring (bicyclic) bond motifs is 1. The first-order valence-corrected chi connectivity index (χ1v) is 8.95. The minimum atomic E-state index is 0.387. The summed E-state index contributed by atoms with van der Waals surface area (Å²) in [5.41, 5.74) is 2.36. The van der Waals surface area contributed by atoms with E-state index in [-0.39, 0.29) is 0 Å². The fraction of sp³-hybridized carbons (Fsp3) is 0.421. The largest absolute Gasteiger partial charge is 0.308 e. The summed E-state index contributed by atoms with van der Waals surface area (Å²) in [6.07, 6.45) is 5.86. The van der Waals surface area contributed by atoms with E-state index in [9.17, 15) is 0 Å². The zero-order valence-electron chi connectivity index (χ0n) is 14.8. The number of aryl methyl sites for hydroxylation is 1. The summed E-state index contributed by atoms with van der Waals surface area (Å²) in [5, 5.41) is 12.6. The number of aromatic nitrogens is 5. The normalized spacial score (nSPS) is 17.0. The Bertz CT molecular complexity index is 816. The fourth-order valence-corrected chi connectivity index (χ4v) is 3.19. The molecule has 0 fully saturated rings. The summed E-state index contributed by atoms with van der Waals surface area (Å²) in [4.78, 5) is 4.65. The molecule has 6 heteroatoms. The van der Waals surface area contributed by atoms with Crippen molar-refractivity contribution < 1.29 is 0 Å². The van der Waals surface area contributed by atoms with Crippen LogP contribution < -0.4 is 5.32 Å². The zero-order chi connectivity index (χ0) is 17.2. The third-order valence-electron chi connectivity index (χ3n) is 4.69.